The van der Waals surface area contributed by atoms with Gasteiger partial charge in [0.1, 0.15) is 17.7 Å². The van der Waals surface area contributed by atoms with Gasteiger partial charge in [0, 0.05) is 31.9 Å². The van der Waals surface area contributed by atoms with Crippen molar-refractivity contribution in [1.29, 1.82) is 0 Å². The van der Waals surface area contributed by atoms with Crippen molar-refractivity contribution in [1.82, 2.24) is 29.5 Å². The normalized spacial score (nSPS) is 16.6. The number of alkyl halides is 1. The number of carboxylic acids is 1. The first-order valence-corrected chi connectivity index (χ1v) is 10.6. The van der Waals surface area contributed by atoms with Crippen LogP contribution in [-0.4, -0.2) is 60.4 Å². The molecule has 0 unspecified atom stereocenters. The van der Waals surface area contributed by atoms with Crippen LogP contribution in [0.5, 0.6) is 0 Å². The molecule has 0 saturated heterocycles. The molecule has 35 heavy (non-hydrogen) atoms. The molecule has 4 heterocycles. The van der Waals surface area contributed by atoms with Gasteiger partial charge in [-0.05, 0) is 24.3 Å². The lowest BCUT2D eigenvalue weighted by Crippen LogP contribution is -2.28. The zero-order valence-electron chi connectivity index (χ0n) is 18.3. The summed E-state index contributed by atoms with van der Waals surface area (Å²) in [7, 11) is 1.67. The predicted octanol–water partition coefficient (Wildman–Crippen LogP) is 1.60. The molecule has 1 saturated carbocycles. The summed E-state index contributed by atoms with van der Waals surface area (Å²) in [6.07, 6.45) is 3.24. The van der Waals surface area contributed by atoms with Crippen LogP contribution in [0, 0.1) is 0 Å². The van der Waals surface area contributed by atoms with E-state index >= 15 is 0 Å². The summed E-state index contributed by atoms with van der Waals surface area (Å²) in [5.41, 5.74) is 0.740. The highest BCUT2D eigenvalue weighted by Gasteiger charge is 2.39. The third kappa shape index (κ3) is 4.14. The highest BCUT2D eigenvalue weighted by molar-refractivity contribution is 5.94. The second-order valence-corrected chi connectivity index (χ2v) is 7.84. The second kappa shape index (κ2) is 8.52. The van der Waals surface area contributed by atoms with Crippen molar-refractivity contribution in [2.75, 3.05) is 17.7 Å². The van der Waals surface area contributed by atoms with Gasteiger partial charge in [0.05, 0.1) is 23.5 Å². The molecule has 4 aromatic rings. The van der Waals surface area contributed by atoms with Crippen LogP contribution in [-0.2, 0) is 0 Å². The largest absolute Gasteiger partial charge is 0.478 e. The van der Waals surface area contributed by atoms with Crippen LogP contribution in [0.3, 0.4) is 0 Å². The van der Waals surface area contributed by atoms with Crippen LogP contribution in [0.4, 0.5) is 21.6 Å². The second-order valence-electron chi connectivity index (χ2n) is 7.84. The number of nitrogens with one attached hydrogen (secondary N) is 3. The van der Waals surface area contributed by atoms with E-state index < -0.39 is 29.6 Å². The number of carbonyl (C=O) groups excluding carboxylic acids is 1. The quantitative estimate of drug-likeness (QED) is 0.310. The van der Waals surface area contributed by atoms with Crippen LogP contribution in [0.2, 0.25) is 0 Å². The van der Waals surface area contributed by atoms with E-state index in [4.69, 9.17) is 5.11 Å². The van der Waals surface area contributed by atoms with Crippen LogP contribution in [0.1, 0.15) is 27.3 Å². The lowest BCUT2D eigenvalue weighted by molar-refractivity contribution is 0.0696. The molecule has 1 aliphatic carbocycles. The summed E-state index contributed by atoms with van der Waals surface area (Å²) >= 11 is 0. The van der Waals surface area contributed by atoms with Crippen molar-refractivity contribution in [3.05, 3.63) is 70.5 Å². The van der Waals surface area contributed by atoms with Gasteiger partial charge >= 0.3 is 5.97 Å². The van der Waals surface area contributed by atoms with Crippen molar-refractivity contribution in [3.8, 4) is 5.82 Å². The van der Waals surface area contributed by atoms with E-state index in [2.05, 4.69) is 31.0 Å². The molecule has 4 aromatic heterocycles. The van der Waals surface area contributed by atoms with Crippen LogP contribution >= 0.6 is 0 Å². The standard InChI is InChI=1S/C22H19FN8O4/c1-24-15-8-17(29-31-16(10-26-19(15)31)20(32)28-14-7-12(14)23)27-13-3-2-6-30(21(13)33)18-5-4-11(9-25-18)22(34)35/h2-6,8-10,12,14,24H,7H2,1H3,(H,27,29)(H,28,32)(H,34,35)/t12-,14+/m0/s1. The molecule has 1 amide bonds. The Balaban J connectivity index is 1.49. The first-order chi connectivity index (χ1) is 16.9. The molecule has 12 nitrogen and oxygen atoms in total. The number of hydrogen-bond donors (Lipinski definition) is 4. The molecule has 178 valence electrons. The van der Waals surface area contributed by atoms with Crippen LogP contribution in [0.25, 0.3) is 11.5 Å². The van der Waals surface area contributed by atoms with Crippen molar-refractivity contribution >= 4 is 34.7 Å². The molecule has 13 heteroatoms. The number of pyridine rings is 2. The SMILES string of the molecule is CNc1cc(Nc2cccn(-c3ccc(C(=O)O)cn3)c2=O)nn2c(C(=O)N[C@@H]3C[C@@H]3F)cnc12. The minimum absolute atomic E-state index is 0.00271. The number of carbonyl (C=O) groups is 2. The molecule has 1 fully saturated rings. The van der Waals surface area contributed by atoms with E-state index in [9.17, 15) is 18.8 Å². The molecule has 0 aromatic carbocycles. The maximum Gasteiger partial charge on any atom is 0.337 e. The number of imidazole rings is 1. The van der Waals surface area contributed by atoms with E-state index in [1.54, 1.807) is 25.2 Å². The highest BCUT2D eigenvalue weighted by Crippen LogP contribution is 2.26. The van der Waals surface area contributed by atoms with E-state index in [0.29, 0.717) is 11.3 Å². The Morgan fingerprint density at radius 3 is 2.63 bits per heavy atom. The van der Waals surface area contributed by atoms with Crippen molar-refractivity contribution in [3.63, 3.8) is 0 Å². The van der Waals surface area contributed by atoms with E-state index in [1.165, 1.54) is 33.6 Å². The molecular weight excluding hydrogens is 459 g/mol. The topological polar surface area (TPSA) is 156 Å². The molecule has 1 aliphatic rings. The lowest BCUT2D eigenvalue weighted by Gasteiger charge is -2.11. The fraction of sp³-hybridized carbons (Fsp3) is 0.182. The zero-order valence-corrected chi connectivity index (χ0v) is 18.3. The third-order valence-corrected chi connectivity index (χ3v) is 5.45. The Bertz CT molecular complexity index is 1510. The van der Waals surface area contributed by atoms with Gasteiger partial charge in [0.15, 0.2) is 17.2 Å². The predicted molar refractivity (Wildman–Crippen MR) is 123 cm³/mol. The van der Waals surface area contributed by atoms with Gasteiger partial charge < -0.3 is 21.1 Å². The Labute approximate surface area is 196 Å². The molecule has 0 aliphatic heterocycles. The Morgan fingerprint density at radius 2 is 1.97 bits per heavy atom. The fourth-order valence-electron chi connectivity index (χ4n) is 3.49. The first-order valence-electron chi connectivity index (χ1n) is 10.6. The number of rotatable bonds is 7. The number of nitrogens with zero attached hydrogens (tertiary/aromatic N) is 5. The summed E-state index contributed by atoms with van der Waals surface area (Å²) in [5.74, 6) is -1.15. The third-order valence-electron chi connectivity index (χ3n) is 5.45. The lowest BCUT2D eigenvalue weighted by atomic mass is 10.3. The van der Waals surface area contributed by atoms with E-state index in [0.717, 1.165) is 6.20 Å². The summed E-state index contributed by atoms with van der Waals surface area (Å²) in [6, 6.07) is 7.05. The fourth-order valence-corrected chi connectivity index (χ4v) is 3.49. The van der Waals surface area contributed by atoms with Crippen molar-refractivity contribution in [2.45, 2.75) is 18.6 Å². The Hall–Kier alpha value is -4.81. The summed E-state index contributed by atoms with van der Waals surface area (Å²) in [5, 5.41) is 22.0. The molecule has 0 radical (unpaired) electrons. The monoisotopic (exact) mass is 478 g/mol. The van der Waals surface area contributed by atoms with Gasteiger partial charge in [-0.2, -0.15) is 0 Å². The van der Waals surface area contributed by atoms with Crippen LogP contribution < -0.4 is 21.5 Å². The molecule has 2 atom stereocenters. The van der Waals surface area contributed by atoms with Gasteiger partial charge in [-0.25, -0.2) is 23.7 Å². The van der Waals surface area contributed by atoms with Crippen molar-refractivity contribution < 1.29 is 19.1 Å². The molecule has 4 N–H and O–H groups in total. The minimum atomic E-state index is -1.12. The number of hydrogen-bond acceptors (Lipinski definition) is 8. The van der Waals surface area contributed by atoms with Crippen LogP contribution in [0.15, 0.2) is 53.7 Å². The van der Waals surface area contributed by atoms with Gasteiger partial charge in [-0.15, -0.1) is 5.10 Å². The summed E-state index contributed by atoms with van der Waals surface area (Å²) in [6.45, 7) is 0. The molecule has 0 bridgehead atoms. The van der Waals surface area contributed by atoms with Gasteiger partial charge in [-0.1, -0.05) is 0 Å². The Kier molecular flexibility index (Phi) is 5.35. The number of aromatic carboxylic acids is 1. The molecule has 0 spiro atoms. The Morgan fingerprint density at radius 1 is 1.17 bits per heavy atom. The number of fused-ring (bicyclic) bond motifs is 1. The number of halogens is 1. The number of carboxylic acid groups (broad SMARTS) is 1. The minimum Gasteiger partial charge on any atom is -0.478 e. The smallest absolute Gasteiger partial charge is 0.337 e. The summed E-state index contributed by atoms with van der Waals surface area (Å²) < 4.78 is 15.8. The summed E-state index contributed by atoms with van der Waals surface area (Å²) in [4.78, 5) is 45.0. The average Bonchev–Trinajstić information content (AvgIpc) is 3.36. The highest BCUT2D eigenvalue weighted by atomic mass is 19.1. The van der Waals surface area contributed by atoms with E-state index in [1.807, 2.05) is 0 Å². The number of amides is 1. The molecular formula is C22H19FN8O4. The maximum atomic E-state index is 13.2. The van der Waals surface area contributed by atoms with E-state index in [-0.39, 0.29) is 35.0 Å². The molecule has 5 rings (SSSR count). The zero-order chi connectivity index (χ0) is 24.7. The maximum absolute atomic E-state index is 13.2. The van der Waals surface area contributed by atoms with Gasteiger partial charge in [-0.3, -0.25) is 14.2 Å². The van der Waals surface area contributed by atoms with Gasteiger partial charge in [0.25, 0.3) is 11.5 Å². The average molecular weight is 478 g/mol. The number of aromatic nitrogens is 5. The van der Waals surface area contributed by atoms with Gasteiger partial charge in [0.2, 0.25) is 0 Å². The number of anilines is 3. The van der Waals surface area contributed by atoms with Crippen molar-refractivity contribution in [2.24, 2.45) is 0 Å². The first kappa shape index (κ1) is 22.0.